The summed E-state index contributed by atoms with van der Waals surface area (Å²) >= 11 is 0. The summed E-state index contributed by atoms with van der Waals surface area (Å²) in [5.41, 5.74) is 1.29. The van der Waals surface area contributed by atoms with E-state index in [1.165, 1.54) is 32.8 Å². The molecule has 0 radical (unpaired) electrons. The van der Waals surface area contributed by atoms with Crippen LogP contribution in [0.2, 0.25) is 0 Å². The Hall–Kier alpha value is -1.09. The first kappa shape index (κ1) is 15.3. The molecule has 112 valence electrons. The minimum atomic E-state index is -0.290. The Morgan fingerprint density at radius 3 is 2.70 bits per heavy atom. The highest BCUT2D eigenvalue weighted by Crippen LogP contribution is 2.36. The van der Waals surface area contributed by atoms with Gasteiger partial charge >= 0.3 is 0 Å². The van der Waals surface area contributed by atoms with Gasteiger partial charge in [-0.3, -0.25) is 0 Å². The van der Waals surface area contributed by atoms with Gasteiger partial charge in [-0.25, -0.2) is 4.39 Å². The summed E-state index contributed by atoms with van der Waals surface area (Å²) in [6.45, 7) is 6.75. The molecule has 1 saturated carbocycles. The molecule has 0 aliphatic heterocycles. The predicted octanol–water partition coefficient (Wildman–Crippen LogP) is 4.45. The Balaban J connectivity index is 2.07. The van der Waals surface area contributed by atoms with Crippen LogP contribution in [-0.2, 0) is 0 Å². The monoisotopic (exact) mass is 279 g/mol. The Morgan fingerprint density at radius 1 is 1.35 bits per heavy atom. The van der Waals surface area contributed by atoms with Crippen LogP contribution in [-0.4, -0.2) is 13.2 Å². The average Bonchev–Trinajstić information content (AvgIpc) is 2.41. The molecule has 1 aliphatic rings. The Labute approximate surface area is 121 Å². The lowest BCUT2D eigenvalue weighted by molar-refractivity contribution is 0.157. The second-order valence-corrected chi connectivity index (χ2v) is 6.57. The lowest BCUT2D eigenvalue weighted by Gasteiger charge is -2.41. The average molecular weight is 279 g/mol. The summed E-state index contributed by atoms with van der Waals surface area (Å²) in [5.74, 6) is 0.0144. The van der Waals surface area contributed by atoms with E-state index in [1.807, 2.05) is 6.07 Å². The zero-order chi connectivity index (χ0) is 14.8. The quantitative estimate of drug-likeness (QED) is 0.879. The van der Waals surface area contributed by atoms with Crippen molar-refractivity contribution >= 4 is 0 Å². The molecule has 2 nitrogen and oxygen atoms in total. The molecule has 3 heteroatoms. The molecule has 1 N–H and O–H groups in total. The summed E-state index contributed by atoms with van der Waals surface area (Å²) in [4.78, 5) is 0. The molecule has 2 unspecified atom stereocenters. The zero-order valence-corrected chi connectivity index (χ0v) is 13.0. The van der Waals surface area contributed by atoms with Crippen molar-refractivity contribution in [3.05, 3.63) is 29.6 Å². The van der Waals surface area contributed by atoms with Crippen LogP contribution >= 0.6 is 0 Å². The maximum absolute atomic E-state index is 13.8. The van der Waals surface area contributed by atoms with Crippen LogP contribution < -0.4 is 10.1 Å². The summed E-state index contributed by atoms with van der Waals surface area (Å²) < 4.78 is 18.8. The van der Waals surface area contributed by atoms with Gasteiger partial charge in [0.1, 0.15) is 0 Å². The van der Waals surface area contributed by atoms with Crippen molar-refractivity contribution in [3.63, 3.8) is 0 Å². The van der Waals surface area contributed by atoms with Crippen molar-refractivity contribution < 1.29 is 9.13 Å². The van der Waals surface area contributed by atoms with E-state index in [1.54, 1.807) is 12.1 Å². The first-order valence-electron chi connectivity index (χ1n) is 7.53. The van der Waals surface area contributed by atoms with Gasteiger partial charge in [-0.15, -0.1) is 0 Å². The van der Waals surface area contributed by atoms with Crippen LogP contribution in [0.25, 0.3) is 0 Å². The SMILES string of the molecule is COc1ccc(C(C)NC2CCCCC2(C)C)cc1F. The molecular weight excluding hydrogens is 253 g/mol. The largest absolute Gasteiger partial charge is 0.494 e. The fraction of sp³-hybridized carbons (Fsp3) is 0.647. The van der Waals surface area contributed by atoms with E-state index < -0.39 is 0 Å². The molecule has 0 saturated heterocycles. The molecule has 2 rings (SSSR count). The van der Waals surface area contributed by atoms with Crippen LogP contribution in [0.5, 0.6) is 5.75 Å². The number of ether oxygens (including phenoxy) is 1. The number of rotatable bonds is 4. The summed E-state index contributed by atoms with van der Waals surface area (Å²) in [6, 6.07) is 5.87. The molecule has 0 heterocycles. The number of hydrogen-bond acceptors (Lipinski definition) is 2. The maximum atomic E-state index is 13.8. The van der Waals surface area contributed by atoms with Crippen LogP contribution in [0, 0.1) is 11.2 Å². The van der Waals surface area contributed by atoms with Crippen LogP contribution in [0.15, 0.2) is 18.2 Å². The van der Waals surface area contributed by atoms with Crippen molar-refractivity contribution in [2.45, 2.75) is 58.5 Å². The predicted molar refractivity (Wildman–Crippen MR) is 80.5 cm³/mol. The molecule has 0 spiro atoms. The van der Waals surface area contributed by atoms with Crippen LogP contribution in [0.4, 0.5) is 4.39 Å². The van der Waals surface area contributed by atoms with Crippen molar-refractivity contribution in [3.8, 4) is 5.75 Å². The second-order valence-electron chi connectivity index (χ2n) is 6.57. The second kappa shape index (κ2) is 6.13. The molecular formula is C17H26FNO. The minimum absolute atomic E-state index is 0.151. The molecule has 1 aromatic rings. The standard InChI is InChI=1S/C17H26FNO/c1-12(13-8-9-15(20-4)14(18)11-13)19-16-7-5-6-10-17(16,2)3/h8-9,11-12,16,19H,5-7,10H2,1-4H3. The van der Waals surface area contributed by atoms with E-state index in [0.29, 0.717) is 17.2 Å². The molecule has 0 amide bonds. The van der Waals surface area contributed by atoms with E-state index in [4.69, 9.17) is 4.74 Å². The van der Waals surface area contributed by atoms with Crippen molar-refractivity contribution in [2.24, 2.45) is 5.41 Å². The van der Waals surface area contributed by atoms with Crippen LogP contribution in [0.3, 0.4) is 0 Å². The van der Waals surface area contributed by atoms with Crippen molar-refractivity contribution in [1.82, 2.24) is 5.32 Å². The summed E-state index contributed by atoms with van der Waals surface area (Å²) in [7, 11) is 1.49. The number of benzene rings is 1. The molecule has 20 heavy (non-hydrogen) atoms. The normalized spacial score (nSPS) is 23.4. The molecule has 0 bridgehead atoms. The van der Waals surface area contributed by atoms with Gasteiger partial charge in [0.25, 0.3) is 0 Å². The van der Waals surface area contributed by atoms with E-state index in [-0.39, 0.29) is 11.9 Å². The highest BCUT2D eigenvalue weighted by atomic mass is 19.1. The van der Waals surface area contributed by atoms with E-state index in [0.717, 1.165) is 5.56 Å². The number of halogens is 1. The third kappa shape index (κ3) is 3.32. The summed E-state index contributed by atoms with van der Waals surface area (Å²) in [6.07, 6.45) is 5.06. The highest BCUT2D eigenvalue weighted by molar-refractivity contribution is 5.30. The van der Waals surface area contributed by atoms with Crippen molar-refractivity contribution in [1.29, 1.82) is 0 Å². The zero-order valence-electron chi connectivity index (χ0n) is 13.0. The van der Waals surface area contributed by atoms with E-state index in [2.05, 4.69) is 26.1 Å². The first-order chi connectivity index (χ1) is 9.44. The fourth-order valence-corrected chi connectivity index (χ4v) is 3.15. The fourth-order valence-electron chi connectivity index (χ4n) is 3.15. The van der Waals surface area contributed by atoms with Gasteiger partial charge in [-0.1, -0.05) is 32.8 Å². The van der Waals surface area contributed by atoms with Crippen LogP contribution in [0.1, 0.15) is 58.1 Å². The third-order valence-electron chi connectivity index (χ3n) is 4.63. The lowest BCUT2D eigenvalue weighted by Crippen LogP contribution is -2.45. The molecule has 1 aromatic carbocycles. The lowest BCUT2D eigenvalue weighted by atomic mass is 9.73. The van der Waals surface area contributed by atoms with Gasteiger partial charge in [0, 0.05) is 12.1 Å². The van der Waals surface area contributed by atoms with E-state index >= 15 is 0 Å². The highest BCUT2D eigenvalue weighted by Gasteiger charge is 2.32. The Kier molecular flexibility index (Phi) is 4.69. The number of nitrogens with one attached hydrogen (secondary N) is 1. The van der Waals surface area contributed by atoms with Gasteiger partial charge in [-0.2, -0.15) is 0 Å². The minimum Gasteiger partial charge on any atom is -0.494 e. The van der Waals surface area contributed by atoms with Gasteiger partial charge in [0.2, 0.25) is 0 Å². The number of hydrogen-bond donors (Lipinski definition) is 1. The Bertz CT molecular complexity index is 458. The van der Waals surface area contributed by atoms with Gasteiger partial charge < -0.3 is 10.1 Å². The smallest absolute Gasteiger partial charge is 0.165 e. The topological polar surface area (TPSA) is 21.3 Å². The molecule has 2 atom stereocenters. The van der Waals surface area contributed by atoms with Crippen molar-refractivity contribution in [2.75, 3.05) is 7.11 Å². The molecule has 1 aliphatic carbocycles. The number of methoxy groups -OCH3 is 1. The summed E-state index contributed by atoms with van der Waals surface area (Å²) in [5, 5.41) is 3.68. The van der Waals surface area contributed by atoms with Gasteiger partial charge in [-0.05, 0) is 42.9 Å². The Morgan fingerprint density at radius 2 is 2.10 bits per heavy atom. The first-order valence-corrected chi connectivity index (χ1v) is 7.53. The third-order valence-corrected chi connectivity index (χ3v) is 4.63. The molecule has 1 fully saturated rings. The van der Waals surface area contributed by atoms with E-state index in [9.17, 15) is 4.39 Å². The molecule has 0 aromatic heterocycles. The van der Waals surface area contributed by atoms with Gasteiger partial charge in [0.05, 0.1) is 7.11 Å². The van der Waals surface area contributed by atoms with Gasteiger partial charge in [0.15, 0.2) is 11.6 Å². The maximum Gasteiger partial charge on any atom is 0.165 e.